The maximum absolute atomic E-state index is 12.6. The average Bonchev–Trinajstić information content (AvgIpc) is 2.99. The van der Waals surface area contributed by atoms with Gasteiger partial charge in [0.1, 0.15) is 0 Å². The average molecular weight is 391 g/mol. The fourth-order valence-electron chi connectivity index (χ4n) is 3.11. The highest BCUT2D eigenvalue weighted by Gasteiger charge is 2.20. The first-order chi connectivity index (χ1) is 12.4. The number of rotatable bonds is 5. The minimum atomic E-state index is -0.254. The molecule has 1 saturated heterocycles. The zero-order valence-electron chi connectivity index (χ0n) is 14.5. The highest BCUT2D eigenvalue weighted by Crippen LogP contribution is 2.26. The van der Waals surface area contributed by atoms with E-state index in [4.69, 9.17) is 23.2 Å². The molecule has 1 fully saturated rings. The lowest BCUT2D eigenvalue weighted by molar-refractivity contribution is -0.128. The van der Waals surface area contributed by atoms with E-state index in [1.807, 2.05) is 36.1 Å². The number of likely N-dealkylation sites (tertiary alicyclic amines) is 1. The smallest absolute Gasteiger partial charge is 0.251 e. The van der Waals surface area contributed by atoms with Crippen LogP contribution >= 0.6 is 23.2 Å². The van der Waals surface area contributed by atoms with Gasteiger partial charge >= 0.3 is 0 Å². The normalized spacial score (nSPS) is 15.2. The van der Waals surface area contributed by atoms with Crippen LogP contribution in [-0.2, 0) is 11.3 Å². The van der Waals surface area contributed by atoms with Gasteiger partial charge in [0.05, 0.1) is 6.04 Å². The summed E-state index contributed by atoms with van der Waals surface area (Å²) in [5.41, 5.74) is 2.32. The van der Waals surface area contributed by atoms with Gasteiger partial charge in [0, 0.05) is 35.1 Å². The van der Waals surface area contributed by atoms with Crippen LogP contribution in [0.4, 0.5) is 0 Å². The van der Waals surface area contributed by atoms with E-state index in [0.717, 1.165) is 24.1 Å². The van der Waals surface area contributed by atoms with Crippen LogP contribution in [0.1, 0.15) is 47.3 Å². The molecular formula is C20H20Cl2N2O2. The van der Waals surface area contributed by atoms with Crippen molar-refractivity contribution in [3.63, 3.8) is 0 Å². The fraction of sp³-hybridized carbons (Fsp3) is 0.300. The molecule has 26 heavy (non-hydrogen) atoms. The number of halogens is 2. The zero-order valence-corrected chi connectivity index (χ0v) is 16.0. The number of nitrogens with zero attached hydrogens (tertiary/aromatic N) is 1. The predicted molar refractivity (Wildman–Crippen MR) is 103 cm³/mol. The second kappa shape index (κ2) is 8.11. The summed E-state index contributed by atoms with van der Waals surface area (Å²) < 4.78 is 0. The van der Waals surface area contributed by atoms with Crippen molar-refractivity contribution < 1.29 is 9.59 Å². The largest absolute Gasteiger partial charge is 0.345 e. The Morgan fingerprint density at radius 2 is 2.04 bits per heavy atom. The SMILES string of the molecule is C[C@H](NC(=O)c1cccc(CN2CCCC2=O)c1)c1ccc(Cl)cc1Cl. The maximum atomic E-state index is 12.6. The van der Waals surface area contributed by atoms with Crippen molar-refractivity contribution in [2.24, 2.45) is 0 Å². The van der Waals surface area contributed by atoms with Crippen LogP contribution in [0.2, 0.25) is 10.0 Å². The number of carbonyl (C=O) groups is 2. The summed E-state index contributed by atoms with van der Waals surface area (Å²) in [7, 11) is 0. The molecule has 0 unspecified atom stereocenters. The van der Waals surface area contributed by atoms with Gasteiger partial charge in [-0.15, -0.1) is 0 Å². The molecule has 1 aliphatic heterocycles. The Labute approximate surface area is 163 Å². The summed E-state index contributed by atoms with van der Waals surface area (Å²) in [6, 6.07) is 12.3. The first-order valence-electron chi connectivity index (χ1n) is 8.56. The van der Waals surface area contributed by atoms with Crippen molar-refractivity contribution in [2.75, 3.05) is 6.54 Å². The molecule has 0 saturated carbocycles. The minimum Gasteiger partial charge on any atom is -0.345 e. The van der Waals surface area contributed by atoms with Gasteiger partial charge in [-0.05, 0) is 48.7 Å². The molecular weight excluding hydrogens is 371 g/mol. The molecule has 1 aliphatic rings. The molecule has 1 atom stereocenters. The molecule has 3 rings (SSSR count). The fourth-order valence-corrected chi connectivity index (χ4v) is 3.69. The molecule has 6 heteroatoms. The summed E-state index contributed by atoms with van der Waals surface area (Å²) in [5, 5.41) is 4.03. The number of carbonyl (C=O) groups excluding carboxylic acids is 2. The summed E-state index contributed by atoms with van der Waals surface area (Å²) in [6.45, 7) is 3.19. The van der Waals surface area contributed by atoms with E-state index in [1.54, 1.807) is 18.2 Å². The van der Waals surface area contributed by atoms with Crippen molar-refractivity contribution in [3.05, 3.63) is 69.2 Å². The second-order valence-corrected chi connectivity index (χ2v) is 7.32. The van der Waals surface area contributed by atoms with E-state index in [-0.39, 0.29) is 17.9 Å². The maximum Gasteiger partial charge on any atom is 0.251 e. The van der Waals surface area contributed by atoms with E-state index in [9.17, 15) is 9.59 Å². The second-order valence-electron chi connectivity index (χ2n) is 6.48. The third-order valence-corrected chi connectivity index (χ3v) is 5.07. The predicted octanol–water partition coefficient (Wildman–Crippen LogP) is 4.61. The van der Waals surface area contributed by atoms with Crippen molar-refractivity contribution >= 4 is 35.0 Å². The summed E-state index contributed by atoms with van der Waals surface area (Å²) >= 11 is 12.1. The Bertz CT molecular complexity index is 838. The number of hydrogen-bond donors (Lipinski definition) is 1. The van der Waals surface area contributed by atoms with Crippen molar-refractivity contribution in [1.82, 2.24) is 10.2 Å². The quantitative estimate of drug-likeness (QED) is 0.810. The van der Waals surface area contributed by atoms with Crippen LogP contribution in [0.3, 0.4) is 0 Å². The first kappa shape index (κ1) is 18.7. The van der Waals surface area contributed by atoms with E-state index in [0.29, 0.717) is 28.6 Å². The van der Waals surface area contributed by atoms with Crippen LogP contribution in [0.5, 0.6) is 0 Å². The molecule has 4 nitrogen and oxygen atoms in total. The van der Waals surface area contributed by atoms with Crippen LogP contribution in [0.25, 0.3) is 0 Å². The van der Waals surface area contributed by atoms with Gasteiger partial charge in [-0.3, -0.25) is 9.59 Å². The Kier molecular flexibility index (Phi) is 5.84. The third kappa shape index (κ3) is 4.37. The lowest BCUT2D eigenvalue weighted by Gasteiger charge is -2.18. The first-order valence-corrected chi connectivity index (χ1v) is 9.32. The Balaban J connectivity index is 1.69. The summed E-state index contributed by atoms with van der Waals surface area (Å²) in [6.07, 6.45) is 1.51. The molecule has 0 aliphatic carbocycles. The van der Waals surface area contributed by atoms with Gasteiger partial charge in [-0.25, -0.2) is 0 Å². The summed E-state index contributed by atoms with van der Waals surface area (Å²) in [4.78, 5) is 26.2. The topological polar surface area (TPSA) is 49.4 Å². The Hall–Kier alpha value is -2.04. The monoisotopic (exact) mass is 390 g/mol. The molecule has 136 valence electrons. The van der Waals surface area contributed by atoms with E-state index in [1.165, 1.54) is 0 Å². The van der Waals surface area contributed by atoms with Crippen molar-refractivity contribution in [2.45, 2.75) is 32.4 Å². The van der Waals surface area contributed by atoms with Crippen molar-refractivity contribution in [3.8, 4) is 0 Å². The Morgan fingerprint density at radius 3 is 2.73 bits per heavy atom. The van der Waals surface area contributed by atoms with Crippen LogP contribution in [0.15, 0.2) is 42.5 Å². The molecule has 0 aromatic heterocycles. The number of amides is 2. The van der Waals surface area contributed by atoms with E-state index in [2.05, 4.69) is 5.32 Å². The number of nitrogens with one attached hydrogen (secondary N) is 1. The molecule has 2 amide bonds. The lowest BCUT2D eigenvalue weighted by atomic mass is 10.1. The number of benzene rings is 2. The van der Waals surface area contributed by atoms with Gasteiger partial charge in [0.25, 0.3) is 5.91 Å². The molecule has 1 N–H and O–H groups in total. The molecule has 1 heterocycles. The molecule has 2 aromatic carbocycles. The van der Waals surface area contributed by atoms with Crippen LogP contribution in [-0.4, -0.2) is 23.3 Å². The highest BCUT2D eigenvalue weighted by molar-refractivity contribution is 6.35. The van der Waals surface area contributed by atoms with E-state index >= 15 is 0 Å². The van der Waals surface area contributed by atoms with E-state index < -0.39 is 0 Å². The minimum absolute atomic E-state index is 0.172. The third-order valence-electron chi connectivity index (χ3n) is 4.51. The van der Waals surface area contributed by atoms with Gasteiger partial charge in [-0.1, -0.05) is 41.4 Å². The van der Waals surface area contributed by atoms with Gasteiger partial charge < -0.3 is 10.2 Å². The summed E-state index contributed by atoms with van der Waals surface area (Å²) in [5.74, 6) is -0.0102. The van der Waals surface area contributed by atoms with Crippen molar-refractivity contribution in [1.29, 1.82) is 0 Å². The number of hydrogen-bond acceptors (Lipinski definition) is 2. The molecule has 2 aromatic rings. The standard InChI is InChI=1S/C20H20Cl2N2O2/c1-13(17-8-7-16(21)11-18(17)22)23-20(26)15-5-2-4-14(10-15)12-24-9-3-6-19(24)25/h2,4-5,7-8,10-11,13H,3,6,9,12H2,1H3,(H,23,26)/t13-/m0/s1. The van der Waals surface area contributed by atoms with Crippen LogP contribution in [0, 0.1) is 0 Å². The van der Waals surface area contributed by atoms with Crippen LogP contribution < -0.4 is 5.32 Å². The Morgan fingerprint density at radius 1 is 1.23 bits per heavy atom. The molecule has 0 radical (unpaired) electrons. The molecule has 0 bridgehead atoms. The lowest BCUT2D eigenvalue weighted by Crippen LogP contribution is -2.27. The van der Waals surface area contributed by atoms with Gasteiger partial charge in [-0.2, -0.15) is 0 Å². The van der Waals surface area contributed by atoms with Gasteiger partial charge in [0.15, 0.2) is 0 Å². The van der Waals surface area contributed by atoms with Gasteiger partial charge in [0.2, 0.25) is 5.91 Å². The zero-order chi connectivity index (χ0) is 18.7. The highest BCUT2D eigenvalue weighted by atomic mass is 35.5. The molecule has 0 spiro atoms.